The average molecular weight is 157 g/mol. The number of hydrogen-bond donors (Lipinski definition) is 1. The molecule has 0 aromatic rings. The highest BCUT2D eigenvalue weighted by Crippen LogP contribution is 2.34. The van der Waals surface area contributed by atoms with Gasteiger partial charge in [-0.15, -0.1) is 0 Å². The molecule has 1 N–H and O–H groups in total. The Kier molecular flexibility index (Phi) is 2.49. The Balaban J connectivity index is 2.20. The smallest absolute Gasteiger partial charge is 0.240 e. The fourth-order valence-electron chi connectivity index (χ4n) is 1.60. The van der Waals surface area contributed by atoms with Gasteiger partial charge in [0.05, 0.1) is 6.10 Å². The van der Waals surface area contributed by atoms with E-state index in [1.165, 1.54) is 13.3 Å². The van der Waals surface area contributed by atoms with Crippen LogP contribution >= 0.6 is 0 Å². The van der Waals surface area contributed by atoms with Crippen molar-refractivity contribution in [3.8, 4) is 0 Å². The molecule has 0 aromatic carbocycles. The molecule has 1 aliphatic rings. The zero-order valence-corrected chi connectivity index (χ0v) is 7.26. The van der Waals surface area contributed by atoms with E-state index in [0.29, 0.717) is 11.8 Å². The third-order valence-corrected chi connectivity index (χ3v) is 2.20. The van der Waals surface area contributed by atoms with Crippen LogP contribution in [0, 0.1) is 11.8 Å². The van der Waals surface area contributed by atoms with Crippen molar-refractivity contribution in [3.05, 3.63) is 0 Å². The summed E-state index contributed by atoms with van der Waals surface area (Å²) in [6.07, 6.45) is 1.42. The lowest BCUT2D eigenvalue weighted by Gasteiger charge is -2.39. The van der Waals surface area contributed by atoms with E-state index in [9.17, 15) is 4.79 Å². The Labute approximate surface area is 67.1 Å². The standard InChI is InChI=1S/C8H15NO2/c1-5-4-6(2)8(5)11-9-7(3)10/h5-6,8H,4H2,1-3H3,(H,9,10). The van der Waals surface area contributed by atoms with E-state index in [0.717, 1.165) is 0 Å². The van der Waals surface area contributed by atoms with E-state index in [1.807, 2.05) is 0 Å². The summed E-state index contributed by atoms with van der Waals surface area (Å²) in [6.45, 7) is 5.72. The maximum atomic E-state index is 10.5. The first-order valence-corrected chi connectivity index (χ1v) is 4.03. The second-order valence-electron chi connectivity index (χ2n) is 3.43. The first-order chi connectivity index (χ1) is 5.11. The molecular formula is C8H15NO2. The fraction of sp³-hybridized carbons (Fsp3) is 0.875. The van der Waals surface area contributed by atoms with E-state index in [2.05, 4.69) is 19.3 Å². The van der Waals surface area contributed by atoms with E-state index >= 15 is 0 Å². The monoisotopic (exact) mass is 157 g/mol. The average Bonchev–Trinajstić information content (AvgIpc) is 1.86. The quantitative estimate of drug-likeness (QED) is 0.609. The van der Waals surface area contributed by atoms with Crippen LogP contribution in [0.25, 0.3) is 0 Å². The SMILES string of the molecule is CC(=O)NOC1C(C)CC1C. The van der Waals surface area contributed by atoms with Gasteiger partial charge in [-0.2, -0.15) is 0 Å². The zero-order chi connectivity index (χ0) is 8.43. The number of carbonyl (C=O) groups excluding carboxylic acids is 1. The minimum atomic E-state index is -0.128. The lowest BCUT2D eigenvalue weighted by Crippen LogP contribution is -2.44. The van der Waals surface area contributed by atoms with Crippen LogP contribution in [0.1, 0.15) is 27.2 Å². The molecule has 0 heterocycles. The van der Waals surface area contributed by atoms with Gasteiger partial charge >= 0.3 is 0 Å². The molecule has 0 aromatic heterocycles. The Hall–Kier alpha value is -0.570. The minimum Gasteiger partial charge on any atom is -0.273 e. The van der Waals surface area contributed by atoms with Gasteiger partial charge in [-0.25, -0.2) is 5.48 Å². The summed E-state index contributed by atoms with van der Waals surface area (Å²) in [4.78, 5) is 15.6. The van der Waals surface area contributed by atoms with Gasteiger partial charge in [0.25, 0.3) is 0 Å². The van der Waals surface area contributed by atoms with Gasteiger partial charge in [-0.05, 0) is 18.3 Å². The number of amides is 1. The van der Waals surface area contributed by atoms with Crippen LogP contribution in [0.2, 0.25) is 0 Å². The van der Waals surface area contributed by atoms with Crippen molar-refractivity contribution in [1.82, 2.24) is 5.48 Å². The summed E-state index contributed by atoms with van der Waals surface area (Å²) < 4.78 is 0. The molecule has 11 heavy (non-hydrogen) atoms. The van der Waals surface area contributed by atoms with Crippen molar-refractivity contribution in [2.45, 2.75) is 33.3 Å². The number of nitrogens with one attached hydrogen (secondary N) is 1. The molecule has 0 aliphatic heterocycles. The molecule has 2 atom stereocenters. The molecule has 64 valence electrons. The van der Waals surface area contributed by atoms with Gasteiger partial charge in [0.2, 0.25) is 5.91 Å². The molecule has 0 spiro atoms. The number of hydrogen-bond acceptors (Lipinski definition) is 2. The first kappa shape index (κ1) is 8.53. The number of rotatable bonds is 2. The van der Waals surface area contributed by atoms with Gasteiger partial charge in [0.1, 0.15) is 0 Å². The highest BCUT2D eigenvalue weighted by molar-refractivity contribution is 5.71. The first-order valence-electron chi connectivity index (χ1n) is 4.03. The highest BCUT2D eigenvalue weighted by Gasteiger charge is 2.36. The van der Waals surface area contributed by atoms with Crippen LogP contribution < -0.4 is 5.48 Å². The Bertz CT molecular complexity index is 150. The van der Waals surface area contributed by atoms with Crippen LogP contribution in [0.5, 0.6) is 0 Å². The molecule has 0 saturated heterocycles. The van der Waals surface area contributed by atoms with Crippen molar-refractivity contribution in [3.63, 3.8) is 0 Å². The third-order valence-electron chi connectivity index (χ3n) is 2.20. The molecule has 1 fully saturated rings. The maximum Gasteiger partial charge on any atom is 0.240 e. The Morgan fingerprint density at radius 1 is 1.45 bits per heavy atom. The summed E-state index contributed by atoms with van der Waals surface area (Å²) in [5.41, 5.74) is 2.37. The minimum absolute atomic E-state index is 0.128. The van der Waals surface area contributed by atoms with Crippen molar-refractivity contribution < 1.29 is 9.63 Å². The molecule has 1 amide bonds. The summed E-state index contributed by atoms with van der Waals surface area (Å²) in [5.74, 6) is 1.03. The zero-order valence-electron chi connectivity index (χ0n) is 7.26. The Morgan fingerprint density at radius 2 is 2.00 bits per heavy atom. The van der Waals surface area contributed by atoms with Gasteiger partial charge in [-0.3, -0.25) is 9.63 Å². The van der Waals surface area contributed by atoms with Crippen LogP contribution in [-0.2, 0) is 9.63 Å². The molecule has 1 saturated carbocycles. The summed E-state index contributed by atoms with van der Waals surface area (Å²) >= 11 is 0. The molecule has 0 bridgehead atoms. The normalized spacial score (nSPS) is 36.1. The molecular weight excluding hydrogens is 142 g/mol. The summed E-state index contributed by atoms with van der Waals surface area (Å²) in [5, 5.41) is 0. The largest absolute Gasteiger partial charge is 0.273 e. The van der Waals surface area contributed by atoms with E-state index in [1.54, 1.807) is 0 Å². The predicted molar refractivity (Wildman–Crippen MR) is 41.6 cm³/mol. The number of carbonyl (C=O) groups is 1. The summed E-state index contributed by atoms with van der Waals surface area (Å²) in [6, 6.07) is 0. The Morgan fingerprint density at radius 3 is 2.36 bits per heavy atom. The van der Waals surface area contributed by atoms with E-state index in [-0.39, 0.29) is 12.0 Å². The maximum absolute atomic E-state index is 10.5. The van der Waals surface area contributed by atoms with Crippen molar-refractivity contribution in [2.24, 2.45) is 11.8 Å². The van der Waals surface area contributed by atoms with Gasteiger partial charge in [0, 0.05) is 6.92 Å². The van der Waals surface area contributed by atoms with Crippen molar-refractivity contribution >= 4 is 5.91 Å². The third kappa shape index (κ3) is 1.93. The van der Waals surface area contributed by atoms with E-state index in [4.69, 9.17) is 4.84 Å². The van der Waals surface area contributed by atoms with Crippen LogP contribution in [0.15, 0.2) is 0 Å². The lowest BCUT2D eigenvalue weighted by atomic mass is 9.74. The van der Waals surface area contributed by atoms with Gasteiger partial charge < -0.3 is 0 Å². The predicted octanol–water partition coefficient (Wildman–Crippen LogP) is 1.10. The fourth-order valence-corrected chi connectivity index (χ4v) is 1.60. The number of hydroxylamine groups is 1. The van der Waals surface area contributed by atoms with Gasteiger partial charge in [0.15, 0.2) is 0 Å². The highest BCUT2D eigenvalue weighted by atomic mass is 16.7. The molecule has 1 aliphatic carbocycles. The van der Waals surface area contributed by atoms with Crippen molar-refractivity contribution in [1.29, 1.82) is 0 Å². The topological polar surface area (TPSA) is 38.3 Å². The molecule has 2 unspecified atom stereocenters. The van der Waals surface area contributed by atoms with E-state index < -0.39 is 0 Å². The lowest BCUT2D eigenvalue weighted by molar-refractivity contribution is -0.157. The van der Waals surface area contributed by atoms with Crippen LogP contribution in [0.3, 0.4) is 0 Å². The van der Waals surface area contributed by atoms with Crippen LogP contribution in [0.4, 0.5) is 0 Å². The molecule has 3 nitrogen and oxygen atoms in total. The molecule has 1 rings (SSSR count). The molecule has 3 heteroatoms. The second-order valence-corrected chi connectivity index (χ2v) is 3.43. The second kappa shape index (κ2) is 3.22. The van der Waals surface area contributed by atoms with Crippen LogP contribution in [-0.4, -0.2) is 12.0 Å². The van der Waals surface area contributed by atoms with Crippen molar-refractivity contribution in [2.75, 3.05) is 0 Å². The summed E-state index contributed by atoms with van der Waals surface area (Å²) in [7, 11) is 0. The van der Waals surface area contributed by atoms with Gasteiger partial charge in [-0.1, -0.05) is 13.8 Å². The molecule has 0 radical (unpaired) electrons.